The van der Waals surface area contributed by atoms with E-state index in [1.165, 1.54) is 0 Å². The molecule has 10 heavy (non-hydrogen) atoms. The number of hydrogen-bond donors (Lipinski definition) is 3. The quantitative estimate of drug-likeness (QED) is 0.590. The van der Waals surface area contributed by atoms with Gasteiger partial charge in [-0.1, -0.05) is 6.92 Å². The van der Waals surface area contributed by atoms with E-state index in [1.54, 1.807) is 0 Å². The van der Waals surface area contributed by atoms with Crippen LogP contribution >= 0.6 is 49.6 Å². The van der Waals surface area contributed by atoms with Gasteiger partial charge >= 0.3 is 0 Å². The molecule has 0 bridgehead atoms. The second-order valence-corrected chi connectivity index (χ2v) is 5.11. The standard InChI is InChI=1S/C6H14S4/c1-5(9)4-10-6(2-7)3-8/h5-9H,2-4H2,1H3. The van der Waals surface area contributed by atoms with Crippen LogP contribution in [0.3, 0.4) is 0 Å². The van der Waals surface area contributed by atoms with Crippen molar-refractivity contribution >= 4 is 49.6 Å². The van der Waals surface area contributed by atoms with E-state index < -0.39 is 0 Å². The van der Waals surface area contributed by atoms with Crippen LogP contribution in [0.2, 0.25) is 0 Å². The fourth-order valence-corrected chi connectivity index (χ4v) is 2.55. The van der Waals surface area contributed by atoms with Gasteiger partial charge in [0, 0.05) is 27.8 Å². The van der Waals surface area contributed by atoms with Crippen molar-refractivity contribution in [2.45, 2.75) is 17.4 Å². The van der Waals surface area contributed by atoms with Gasteiger partial charge < -0.3 is 0 Å². The maximum absolute atomic E-state index is 4.28. The molecule has 1 unspecified atom stereocenters. The molecule has 62 valence electrons. The Kier molecular flexibility index (Phi) is 8.06. The van der Waals surface area contributed by atoms with Gasteiger partial charge in [0.1, 0.15) is 0 Å². The monoisotopic (exact) mass is 214 g/mol. The van der Waals surface area contributed by atoms with Crippen LogP contribution in [0.25, 0.3) is 0 Å². The molecule has 0 aromatic heterocycles. The third-order valence-electron chi connectivity index (χ3n) is 0.980. The molecule has 0 aliphatic carbocycles. The Balaban J connectivity index is 3.26. The normalized spacial score (nSPS) is 14.1. The van der Waals surface area contributed by atoms with Crippen LogP contribution < -0.4 is 0 Å². The minimum absolute atomic E-state index is 0.479. The molecule has 0 heterocycles. The summed E-state index contributed by atoms with van der Waals surface area (Å²) in [6.45, 7) is 2.10. The molecule has 0 saturated carbocycles. The lowest BCUT2D eigenvalue weighted by Crippen LogP contribution is -2.10. The van der Waals surface area contributed by atoms with Crippen molar-refractivity contribution < 1.29 is 0 Å². The van der Waals surface area contributed by atoms with Crippen molar-refractivity contribution in [1.29, 1.82) is 0 Å². The zero-order valence-electron chi connectivity index (χ0n) is 6.03. The van der Waals surface area contributed by atoms with E-state index in [0.29, 0.717) is 10.5 Å². The van der Waals surface area contributed by atoms with Crippen LogP contribution in [0.4, 0.5) is 0 Å². The van der Waals surface area contributed by atoms with Gasteiger partial charge in [-0.05, 0) is 0 Å². The summed E-state index contributed by atoms with van der Waals surface area (Å²) in [7, 11) is 0. The first-order valence-electron chi connectivity index (χ1n) is 3.22. The maximum Gasteiger partial charge on any atom is 0.0224 e. The Bertz CT molecular complexity index is 70.1. The van der Waals surface area contributed by atoms with Gasteiger partial charge in [0.15, 0.2) is 0 Å². The molecule has 0 N–H and O–H groups in total. The summed E-state index contributed by atoms with van der Waals surface area (Å²) in [5, 5.41) is 1.06. The zero-order valence-corrected chi connectivity index (χ0v) is 9.53. The first-order chi connectivity index (χ1) is 4.70. The molecule has 0 aromatic rings. The summed E-state index contributed by atoms with van der Waals surface area (Å²) in [5.74, 6) is 2.91. The first-order valence-corrected chi connectivity index (χ1v) is 6.05. The van der Waals surface area contributed by atoms with Crippen LogP contribution in [-0.4, -0.2) is 27.8 Å². The molecule has 0 radical (unpaired) electrons. The predicted molar refractivity (Wildman–Crippen MR) is 62.4 cm³/mol. The van der Waals surface area contributed by atoms with Crippen LogP contribution in [0.1, 0.15) is 6.92 Å². The lowest BCUT2D eigenvalue weighted by molar-refractivity contribution is 1.10. The Hall–Kier alpha value is 1.40. The second-order valence-electron chi connectivity index (χ2n) is 2.17. The molecule has 0 aliphatic rings. The summed E-state index contributed by atoms with van der Waals surface area (Å²) in [6, 6.07) is 0. The van der Waals surface area contributed by atoms with Crippen molar-refractivity contribution in [3.63, 3.8) is 0 Å². The minimum atomic E-state index is 0.479. The lowest BCUT2D eigenvalue weighted by atomic mass is 10.5. The molecule has 0 aliphatic heterocycles. The predicted octanol–water partition coefficient (Wildman–Crippen LogP) is 2.27. The van der Waals surface area contributed by atoms with E-state index in [0.717, 1.165) is 17.3 Å². The van der Waals surface area contributed by atoms with E-state index >= 15 is 0 Å². The van der Waals surface area contributed by atoms with Crippen molar-refractivity contribution in [2.75, 3.05) is 17.3 Å². The Morgan fingerprint density at radius 3 is 2.10 bits per heavy atom. The average Bonchev–Trinajstić information content (AvgIpc) is 1.90. The molecule has 0 aromatic carbocycles. The molecule has 4 heteroatoms. The summed E-state index contributed by atoms with van der Waals surface area (Å²) in [5.41, 5.74) is 0. The summed E-state index contributed by atoms with van der Waals surface area (Å²) < 4.78 is 0. The van der Waals surface area contributed by atoms with Crippen LogP contribution in [-0.2, 0) is 0 Å². The van der Waals surface area contributed by atoms with Gasteiger partial charge in [-0.25, -0.2) is 0 Å². The van der Waals surface area contributed by atoms with E-state index in [1.807, 2.05) is 11.8 Å². The van der Waals surface area contributed by atoms with E-state index in [4.69, 9.17) is 0 Å². The molecule has 0 spiro atoms. The molecular formula is C6H14S4. The Morgan fingerprint density at radius 1 is 1.30 bits per heavy atom. The smallest absolute Gasteiger partial charge is 0.0224 e. The molecule has 0 rings (SSSR count). The van der Waals surface area contributed by atoms with Gasteiger partial charge in [0.2, 0.25) is 0 Å². The average molecular weight is 214 g/mol. The number of hydrogen-bond acceptors (Lipinski definition) is 4. The van der Waals surface area contributed by atoms with E-state index in [-0.39, 0.29) is 0 Å². The topological polar surface area (TPSA) is 0 Å². The zero-order chi connectivity index (χ0) is 7.98. The molecule has 0 nitrogen and oxygen atoms in total. The first kappa shape index (κ1) is 11.4. The number of rotatable bonds is 5. The highest BCUT2D eigenvalue weighted by molar-refractivity contribution is 8.02. The highest BCUT2D eigenvalue weighted by atomic mass is 32.2. The number of thioether (sulfide) groups is 1. The van der Waals surface area contributed by atoms with Crippen molar-refractivity contribution in [1.82, 2.24) is 0 Å². The fraction of sp³-hybridized carbons (Fsp3) is 1.00. The number of thiol groups is 3. The molecule has 1 atom stereocenters. The second kappa shape index (κ2) is 7.07. The van der Waals surface area contributed by atoms with Gasteiger partial charge in [0.25, 0.3) is 0 Å². The fourth-order valence-electron chi connectivity index (χ4n) is 0.438. The maximum atomic E-state index is 4.28. The molecule has 0 fully saturated rings. The van der Waals surface area contributed by atoms with Gasteiger partial charge in [-0.3, -0.25) is 0 Å². The largest absolute Gasteiger partial charge is 0.178 e. The van der Waals surface area contributed by atoms with Crippen molar-refractivity contribution in [3.8, 4) is 0 Å². The van der Waals surface area contributed by atoms with E-state index in [9.17, 15) is 0 Å². The summed E-state index contributed by atoms with van der Waals surface area (Å²) in [6.07, 6.45) is 0. The van der Waals surface area contributed by atoms with Gasteiger partial charge in [0.05, 0.1) is 0 Å². The highest BCUT2D eigenvalue weighted by Gasteiger charge is 2.05. The lowest BCUT2D eigenvalue weighted by Gasteiger charge is -2.11. The van der Waals surface area contributed by atoms with Crippen molar-refractivity contribution in [2.24, 2.45) is 0 Å². The molecule has 0 amide bonds. The SMILES string of the molecule is CC(S)CSC(CS)CS. The molecular weight excluding hydrogens is 200 g/mol. The van der Waals surface area contributed by atoms with Gasteiger partial charge in [-0.2, -0.15) is 49.6 Å². The van der Waals surface area contributed by atoms with Gasteiger partial charge in [-0.15, -0.1) is 0 Å². The third-order valence-corrected chi connectivity index (χ3v) is 4.28. The van der Waals surface area contributed by atoms with Crippen LogP contribution in [0.15, 0.2) is 0 Å². The highest BCUT2D eigenvalue weighted by Crippen LogP contribution is 2.16. The summed E-state index contributed by atoms with van der Waals surface area (Å²) >= 11 is 14.6. The van der Waals surface area contributed by atoms with Crippen LogP contribution in [0, 0.1) is 0 Å². The van der Waals surface area contributed by atoms with Crippen LogP contribution in [0.5, 0.6) is 0 Å². The Labute approximate surface area is 84.2 Å². The summed E-state index contributed by atoms with van der Waals surface area (Å²) in [4.78, 5) is 0. The minimum Gasteiger partial charge on any atom is -0.178 e. The molecule has 0 saturated heterocycles. The van der Waals surface area contributed by atoms with E-state index in [2.05, 4.69) is 44.8 Å². The third kappa shape index (κ3) is 6.13. The Morgan fingerprint density at radius 2 is 1.80 bits per heavy atom. The van der Waals surface area contributed by atoms with Crippen molar-refractivity contribution in [3.05, 3.63) is 0 Å².